The van der Waals surface area contributed by atoms with E-state index in [0.717, 1.165) is 25.7 Å². The van der Waals surface area contributed by atoms with Crippen LogP contribution in [0, 0.1) is 0 Å². The van der Waals surface area contributed by atoms with Crippen LogP contribution in [0.15, 0.2) is 0 Å². The molecular formula is C13H23F3N2O2S. The summed E-state index contributed by atoms with van der Waals surface area (Å²) >= 11 is 0. The van der Waals surface area contributed by atoms with Gasteiger partial charge in [0.15, 0.2) is 0 Å². The lowest BCUT2D eigenvalue weighted by atomic mass is 10.00. The maximum atomic E-state index is 12.3. The minimum absolute atomic E-state index is 0.0652. The molecule has 2 saturated heterocycles. The molecule has 4 nitrogen and oxygen atoms in total. The number of halogens is 3. The van der Waals surface area contributed by atoms with Crippen molar-refractivity contribution in [2.45, 2.75) is 69.8 Å². The lowest BCUT2D eigenvalue weighted by molar-refractivity contribution is -0.134. The highest BCUT2D eigenvalue weighted by Gasteiger charge is 2.39. The number of nitrogens with one attached hydrogen (secondary N) is 1. The molecule has 0 saturated carbocycles. The van der Waals surface area contributed by atoms with E-state index in [1.165, 1.54) is 4.31 Å². The van der Waals surface area contributed by atoms with Crippen LogP contribution in [-0.2, 0) is 10.0 Å². The largest absolute Gasteiger partial charge is 0.389 e. The smallest absolute Gasteiger partial charge is 0.311 e. The van der Waals surface area contributed by atoms with E-state index >= 15 is 0 Å². The zero-order chi connectivity index (χ0) is 15.7. The Morgan fingerprint density at radius 1 is 1.19 bits per heavy atom. The average molecular weight is 328 g/mol. The second-order valence-corrected chi connectivity index (χ2v) is 8.04. The molecule has 0 amide bonds. The number of nitrogens with zero attached hydrogens (tertiary/aromatic N) is 1. The molecule has 21 heavy (non-hydrogen) atoms. The van der Waals surface area contributed by atoms with E-state index < -0.39 is 28.4 Å². The average Bonchev–Trinajstić information content (AvgIpc) is 2.67. The normalized spacial score (nSPS) is 30.0. The maximum absolute atomic E-state index is 12.3. The Hall–Kier alpha value is -0.340. The van der Waals surface area contributed by atoms with Crippen molar-refractivity contribution < 1.29 is 21.6 Å². The summed E-state index contributed by atoms with van der Waals surface area (Å²) in [4.78, 5) is 0. The van der Waals surface area contributed by atoms with E-state index in [4.69, 9.17) is 0 Å². The molecule has 2 unspecified atom stereocenters. The fourth-order valence-electron chi connectivity index (χ4n) is 3.52. The second kappa shape index (κ2) is 6.42. The highest BCUT2D eigenvalue weighted by atomic mass is 32.2. The lowest BCUT2D eigenvalue weighted by Crippen LogP contribution is -2.50. The van der Waals surface area contributed by atoms with Gasteiger partial charge in [0.05, 0.1) is 5.75 Å². The summed E-state index contributed by atoms with van der Waals surface area (Å²) in [6, 6.07) is 0.644. The number of sulfonamides is 1. The third-order valence-electron chi connectivity index (χ3n) is 4.39. The maximum Gasteiger partial charge on any atom is 0.389 e. The van der Waals surface area contributed by atoms with Gasteiger partial charge in [0.1, 0.15) is 0 Å². The number of piperidine rings is 1. The molecular weight excluding hydrogens is 305 g/mol. The minimum Gasteiger partial charge on any atom is -0.311 e. The zero-order valence-corrected chi connectivity index (χ0v) is 13.0. The molecule has 1 N–H and O–H groups in total. The van der Waals surface area contributed by atoms with Gasteiger partial charge in [-0.1, -0.05) is 6.92 Å². The Bertz CT molecular complexity index is 441. The molecule has 2 aliphatic heterocycles. The molecule has 2 fully saturated rings. The SMILES string of the molecule is CCN(C1CC2CCC(C1)N2)S(=O)(=O)CCCC(F)(F)F. The van der Waals surface area contributed by atoms with E-state index in [2.05, 4.69) is 5.32 Å². The van der Waals surface area contributed by atoms with Crippen LogP contribution in [0.4, 0.5) is 13.2 Å². The van der Waals surface area contributed by atoms with Gasteiger partial charge >= 0.3 is 6.18 Å². The van der Waals surface area contributed by atoms with Crippen LogP contribution in [0.3, 0.4) is 0 Å². The molecule has 0 aromatic heterocycles. The summed E-state index contributed by atoms with van der Waals surface area (Å²) in [5.41, 5.74) is 0. The number of alkyl halides is 3. The Morgan fingerprint density at radius 3 is 2.24 bits per heavy atom. The Kier molecular flexibility index (Phi) is 5.20. The first kappa shape index (κ1) is 17.0. The van der Waals surface area contributed by atoms with E-state index in [-0.39, 0.29) is 12.5 Å². The molecule has 2 aliphatic rings. The van der Waals surface area contributed by atoms with Gasteiger partial charge in [-0.2, -0.15) is 17.5 Å². The van der Waals surface area contributed by atoms with Gasteiger partial charge in [0.2, 0.25) is 10.0 Å². The highest BCUT2D eigenvalue weighted by Crippen LogP contribution is 2.31. The first-order valence-corrected chi connectivity index (χ1v) is 9.14. The first-order chi connectivity index (χ1) is 9.71. The van der Waals surface area contributed by atoms with Crippen LogP contribution in [0.2, 0.25) is 0 Å². The summed E-state index contributed by atoms with van der Waals surface area (Å²) in [5, 5.41) is 3.44. The van der Waals surface area contributed by atoms with Gasteiger partial charge in [-0.3, -0.25) is 0 Å². The molecule has 2 atom stereocenters. The monoisotopic (exact) mass is 328 g/mol. The molecule has 0 aromatic carbocycles. The summed E-state index contributed by atoms with van der Waals surface area (Å²) in [6.07, 6.45) is -2.03. The fraction of sp³-hybridized carbons (Fsp3) is 1.00. The van der Waals surface area contributed by atoms with Gasteiger partial charge in [0, 0.05) is 31.1 Å². The van der Waals surface area contributed by atoms with Crippen LogP contribution in [0.25, 0.3) is 0 Å². The number of fused-ring (bicyclic) bond motifs is 2. The molecule has 2 heterocycles. The molecule has 8 heteroatoms. The van der Waals surface area contributed by atoms with Gasteiger partial charge in [-0.15, -0.1) is 0 Å². The van der Waals surface area contributed by atoms with Crippen molar-refractivity contribution in [3.63, 3.8) is 0 Å². The van der Waals surface area contributed by atoms with Crippen molar-refractivity contribution in [3.05, 3.63) is 0 Å². The molecule has 2 bridgehead atoms. The van der Waals surface area contributed by atoms with E-state index in [9.17, 15) is 21.6 Å². The molecule has 2 rings (SSSR count). The molecule has 0 aromatic rings. The third-order valence-corrected chi connectivity index (χ3v) is 6.46. The summed E-state index contributed by atoms with van der Waals surface area (Å²) < 4.78 is 62.6. The second-order valence-electron chi connectivity index (χ2n) is 6.00. The van der Waals surface area contributed by atoms with Crippen molar-refractivity contribution in [2.24, 2.45) is 0 Å². The summed E-state index contributed by atoms with van der Waals surface area (Å²) in [7, 11) is -3.61. The first-order valence-electron chi connectivity index (χ1n) is 7.53. The highest BCUT2D eigenvalue weighted by molar-refractivity contribution is 7.89. The van der Waals surface area contributed by atoms with Gasteiger partial charge in [0.25, 0.3) is 0 Å². The molecule has 0 spiro atoms. The van der Waals surface area contributed by atoms with Crippen molar-refractivity contribution in [3.8, 4) is 0 Å². The van der Waals surface area contributed by atoms with Crippen molar-refractivity contribution >= 4 is 10.0 Å². The summed E-state index contributed by atoms with van der Waals surface area (Å²) in [6.45, 7) is 2.09. The van der Waals surface area contributed by atoms with Crippen LogP contribution in [-0.4, -0.2) is 49.3 Å². The number of hydrogen-bond acceptors (Lipinski definition) is 3. The Morgan fingerprint density at radius 2 is 1.76 bits per heavy atom. The van der Waals surface area contributed by atoms with Gasteiger partial charge in [-0.05, 0) is 32.1 Å². The van der Waals surface area contributed by atoms with E-state index in [0.29, 0.717) is 18.6 Å². The Balaban J connectivity index is 1.95. The van der Waals surface area contributed by atoms with Crippen molar-refractivity contribution in [1.29, 1.82) is 0 Å². The van der Waals surface area contributed by atoms with Gasteiger partial charge in [-0.25, -0.2) is 8.42 Å². The predicted octanol–water partition coefficient (Wildman–Crippen LogP) is 2.26. The predicted molar refractivity (Wildman–Crippen MR) is 74.4 cm³/mol. The molecule has 0 radical (unpaired) electrons. The lowest BCUT2D eigenvalue weighted by Gasteiger charge is -2.36. The zero-order valence-electron chi connectivity index (χ0n) is 12.2. The molecule has 124 valence electrons. The third kappa shape index (κ3) is 4.56. The quantitative estimate of drug-likeness (QED) is 0.814. The van der Waals surface area contributed by atoms with Crippen molar-refractivity contribution in [1.82, 2.24) is 9.62 Å². The number of hydrogen-bond donors (Lipinski definition) is 1. The van der Waals surface area contributed by atoms with Crippen molar-refractivity contribution in [2.75, 3.05) is 12.3 Å². The fourth-order valence-corrected chi connectivity index (χ4v) is 5.28. The molecule has 0 aliphatic carbocycles. The van der Waals surface area contributed by atoms with Crippen LogP contribution in [0.1, 0.15) is 45.4 Å². The van der Waals surface area contributed by atoms with Crippen LogP contribution < -0.4 is 5.32 Å². The standard InChI is InChI=1S/C13H23F3N2O2S/c1-2-18(12-8-10-4-5-11(9-12)17-10)21(19,20)7-3-6-13(14,15)16/h10-12,17H,2-9H2,1H3. The minimum atomic E-state index is -4.29. The van der Waals surface area contributed by atoms with E-state index in [1.54, 1.807) is 6.92 Å². The van der Waals surface area contributed by atoms with Gasteiger partial charge < -0.3 is 5.32 Å². The Labute approximate surface area is 124 Å². The number of rotatable bonds is 6. The van der Waals surface area contributed by atoms with Crippen LogP contribution in [0.5, 0.6) is 0 Å². The summed E-state index contributed by atoms with van der Waals surface area (Å²) in [5.74, 6) is -0.417. The van der Waals surface area contributed by atoms with Crippen LogP contribution >= 0.6 is 0 Å². The topological polar surface area (TPSA) is 49.4 Å². The van der Waals surface area contributed by atoms with E-state index in [1.807, 2.05) is 0 Å².